The third kappa shape index (κ3) is 3.91. The Morgan fingerprint density at radius 1 is 1.21 bits per heavy atom. The van der Waals surface area contributed by atoms with E-state index >= 15 is 0 Å². The van der Waals surface area contributed by atoms with Crippen molar-refractivity contribution in [2.75, 3.05) is 0 Å². The molecule has 3 heteroatoms. The van der Waals surface area contributed by atoms with Crippen LogP contribution in [0.1, 0.15) is 44.1 Å². The minimum atomic E-state index is -0.257. The molecule has 102 valence electrons. The maximum atomic E-state index is 12.9. The minimum Gasteiger partial charge on any atom is -0.459 e. The van der Waals surface area contributed by atoms with Crippen molar-refractivity contribution in [2.24, 2.45) is 0 Å². The Morgan fingerprint density at radius 3 is 2.42 bits per heavy atom. The van der Waals surface area contributed by atoms with Crippen LogP contribution in [-0.2, 0) is 9.53 Å². The number of ether oxygens (including phenoxy) is 1. The Kier molecular flexibility index (Phi) is 4.72. The largest absolute Gasteiger partial charge is 0.459 e. The van der Waals surface area contributed by atoms with Gasteiger partial charge < -0.3 is 4.74 Å². The first-order valence-electron chi connectivity index (χ1n) is 6.78. The number of benzene rings is 1. The van der Waals surface area contributed by atoms with Crippen molar-refractivity contribution in [2.45, 2.75) is 44.6 Å². The van der Waals surface area contributed by atoms with Crippen LogP contribution in [0.15, 0.2) is 36.4 Å². The second-order valence-electron chi connectivity index (χ2n) is 4.96. The summed E-state index contributed by atoms with van der Waals surface area (Å²) >= 11 is 0. The zero-order valence-corrected chi connectivity index (χ0v) is 11.1. The molecule has 0 saturated heterocycles. The van der Waals surface area contributed by atoms with Crippen LogP contribution >= 0.6 is 0 Å². The number of allylic oxidation sites excluding steroid dienone is 1. The lowest BCUT2D eigenvalue weighted by Crippen LogP contribution is -2.23. The van der Waals surface area contributed by atoms with E-state index in [-0.39, 0.29) is 17.9 Å². The standard InChI is InChI=1S/C16H19FO2/c1-2-3-16(18)19-15-10-6-13(7-11-15)12-4-8-14(17)9-5-12/h2-5,8-9,13,15H,6-7,10-11H2,1H3/b3-2+. The van der Waals surface area contributed by atoms with Gasteiger partial charge in [-0.15, -0.1) is 0 Å². The number of carbonyl (C=O) groups excluding carboxylic acids is 1. The second-order valence-corrected chi connectivity index (χ2v) is 4.96. The van der Waals surface area contributed by atoms with E-state index in [0.29, 0.717) is 5.92 Å². The van der Waals surface area contributed by atoms with Crippen LogP contribution in [0, 0.1) is 5.82 Å². The average molecular weight is 262 g/mol. The molecule has 0 N–H and O–H groups in total. The van der Waals surface area contributed by atoms with E-state index in [1.807, 2.05) is 12.1 Å². The number of hydrogen-bond donors (Lipinski definition) is 0. The third-order valence-electron chi connectivity index (χ3n) is 3.60. The lowest BCUT2D eigenvalue weighted by atomic mass is 9.83. The Morgan fingerprint density at radius 2 is 1.84 bits per heavy atom. The number of carbonyl (C=O) groups is 1. The van der Waals surface area contributed by atoms with Gasteiger partial charge in [0.15, 0.2) is 0 Å². The summed E-state index contributed by atoms with van der Waals surface area (Å²) in [5.74, 6) is 0.00252. The van der Waals surface area contributed by atoms with Crippen LogP contribution in [0.3, 0.4) is 0 Å². The van der Waals surface area contributed by atoms with Gasteiger partial charge in [0.05, 0.1) is 0 Å². The highest BCUT2D eigenvalue weighted by molar-refractivity contribution is 5.81. The fourth-order valence-electron chi connectivity index (χ4n) is 2.59. The predicted octanol–water partition coefficient (Wildman–Crippen LogP) is 3.97. The summed E-state index contributed by atoms with van der Waals surface area (Å²) < 4.78 is 18.2. The van der Waals surface area contributed by atoms with Crippen molar-refractivity contribution in [3.05, 3.63) is 47.8 Å². The molecule has 0 unspecified atom stereocenters. The van der Waals surface area contributed by atoms with Gasteiger partial charge in [0.1, 0.15) is 11.9 Å². The van der Waals surface area contributed by atoms with E-state index in [1.165, 1.54) is 23.8 Å². The van der Waals surface area contributed by atoms with E-state index in [9.17, 15) is 9.18 Å². The van der Waals surface area contributed by atoms with E-state index < -0.39 is 0 Å². The monoisotopic (exact) mass is 262 g/mol. The van der Waals surface area contributed by atoms with Gasteiger partial charge in [-0.3, -0.25) is 0 Å². The zero-order chi connectivity index (χ0) is 13.7. The average Bonchev–Trinajstić information content (AvgIpc) is 2.41. The molecule has 0 aromatic heterocycles. The fourth-order valence-corrected chi connectivity index (χ4v) is 2.59. The van der Waals surface area contributed by atoms with Gasteiger partial charge in [0.25, 0.3) is 0 Å². The molecule has 2 nitrogen and oxygen atoms in total. The molecule has 0 amide bonds. The molecule has 1 aromatic carbocycles. The van der Waals surface area contributed by atoms with Gasteiger partial charge >= 0.3 is 5.97 Å². The van der Waals surface area contributed by atoms with E-state index in [4.69, 9.17) is 4.74 Å². The summed E-state index contributed by atoms with van der Waals surface area (Å²) in [5.41, 5.74) is 1.18. The zero-order valence-electron chi connectivity index (χ0n) is 11.1. The summed E-state index contributed by atoms with van der Waals surface area (Å²) in [6.45, 7) is 1.80. The van der Waals surface area contributed by atoms with Crippen molar-refractivity contribution in [3.8, 4) is 0 Å². The molecule has 19 heavy (non-hydrogen) atoms. The van der Waals surface area contributed by atoms with E-state index in [1.54, 1.807) is 13.0 Å². The van der Waals surface area contributed by atoms with Gasteiger partial charge in [-0.1, -0.05) is 18.2 Å². The molecule has 1 aliphatic rings. The van der Waals surface area contributed by atoms with E-state index in [0.717, 1.165) is 25.7 Å². The van der Waals surface area contributed by atoms with Crippen LogP contribution in [0.2, 0.25) is 0 Å². The first-order chi connectivity index (χ1) is 9.19. The van der Waals surface area contributed by atoms with Crippen LogP contribution in [-0.4, -0.2) is 12.1 Å². The Balaban J connectivity index is 1.85. The van der Waals surface area contributed by atoms with Crippen molar-refractivity contribution < 1.29 is 13.9 Å². The maximum absolute atomic E-state index is 12.9. The lowest BCUT2D eigenvalue weighted by molar-refractivity contribution is -0.144. The van der Waals surface area contributed by atoms with Crippen LogP contribution in [0.5, 0.6) is 0 Å². The van der Waals surface area contributed by atoms with Gasteiger partial charge in [-0.25, -0.2) is 9.18 Å². The molecule has 0 radical (unpaired) electrons. The molecule has 0 aliphatic heterocycles. The van der Waals surface area contributed by atoms with Crippen molar-refractivity contribution in [3.63, 3.8) is 0 Å². The van der Waals surface area contributed by atoms with Gasteiger partial charge in [-0.05, 0) is 56.2 Å². The molecule has 1 aromatic rings. The summed E-state index contributed by atoms with van der Waals surface area (Å²) in [4.78, 5) is 11.3. The smallest absolute Gasteiger partial charge is 0.330 e. The van der Waals surface area contributed by atoms with Gasteiger partial charge in [0, 0.05) is 6.08 Å². The number of rotatable bonds is 3. The molecular weight excluding hydrogens is 243 g/mol. The molecule has 1 saturated carbocycles. The summed E-state index contributed by atoms with van der Waals surface area (Å²) in [6.07, 6.45) is 6.90. The van der Waals surface area contributed by atoms with Crippen LogP contribution in [0.4, 0.5) is 4.39 Å². The quantitative estimate of drug-likeness (QED) is 0.608. The summed E-state index contributed by atoms with van der Waals surface area (Å²) in [7, 11) is 0. The van der Waals surface area contributed by atoms with E-state index in [2.05, 4.69) is 0 Å². The molecule has 0 bridgehead atoms. The molecule has 1 aliphatic carbocycles. The van der Waals surface area contributed by atoms with Crippen molar-refractivity contribution in [1.29, 1.82) is 0 Å². The third-order valence-corrected chi connectivity index (χ3v) is 3.60. The second kappa shape index (κ2) is 6.50. The predicted molar refractivity (Wildman–Crippen MR) is 72.3 cm³/mol. The van der Waals surface area contributed by atoms with Crippen molar-refractivity contribution in [1.82, 2.24) is 0 Å². The summed E-state index contributed by atoms with van der Waals surface area (Å²) in [6, 6.07) is 6.72. The molecule has 0 spiro atoms. The fraction of sp³-hybridized carbons (Fsp3) is 0.438. The van der Waals surface area contributed by atoms with Gasteiger partial charge in [0.2, 0.25) is 0 Å². The summed E-state index contributed by atoms with van der Waals surface area (Å²) in [5, 5.41) is 0. The molecule has 2 rings (SSSR count). The maximum Gasteiger partial charge on any atom is 0.330 e. The number of hydrogen-bond acceptors (Lipinski definition) is 2. The molecule has 0 atom stereocenters. The van der Waals surface area contributed by atoms with Crippen LogP contribution in [0.25, 0.3) is 0 Å². The number of halogens is 1. The highest BCUT2D eigenvalue weighted by Crippen LogP contribution is 2.34. The minimum absolute atomic E-state index is 0.0281. The molecule has 1 fully saturated rings. The lowest BCUT2D eigenvalue weighted by Gasteiger charge is -2.28. The van der Waals surface area contributed by atoms with Crippen molar-refractivity contribution >= 4 is 5.97 Å². The Hall–Kier alpha value is -1.64. The molecule has 0 heterocycles. The SMILES string of the molecule is C/C=C/C(=O)OC1CCC(c2ccc(F)cc2)CC1. The number of esters is 1. The van der Waals surface area contributed by atoms with Gasteiger partial charge in [-0.2, -0.15) is 0 Å². The van der Waals surface area contributed by atoms with Crippen LogP contribution < -0.4 is 0 Å². The Bertz CT molecular complexity index is 442. The highest BCUT2D eigenvalue weighted by atomic mass is 19.1. The molecular formula is C16H19FO2. The highest BCUT2D eigenvalue weighted by Gasteiger charge is 2.24. The first kappa shape index (κ1) is 13.8. The normalized spacial score (nSPS) is 23.5. The Labute approximate surface area is 113 Å². The topological polar surface area (TPSA) is 26.3 Å². The first-order valence-corrected chi connectivity index (χ1v) is 6.78.